The van der Waals surface area contributed by atoms with Crippen molar-refractivity contribution in [1.29, 1.82) is 0 Å². The highest BCUT2D eigenvalue weighted by Gasteiger charge is 2.30. The summed E-state index contributed by atoms with van der Waals surface area (Å²) in [6.07, 6.45) is -0.0728. The highest BCUT2D eigenvalue weighted by molar-refractivity contribution is 7.08. The summed E-state index contributed by atoms with van der Waals surface area (Å²) in [6.45, 7) is 9.93. The Morgan fingerprint density at radius 1 is 1.40 bits per heavy atom. The molecule has 1 rings (SSSR count). The van der Waals surface area contributed by atoms with Crippen LogP contribution in [0.15, 0.2) is 0 Å². The molecule has 1 aromatic rings. The summed E-state index contributed by atoms with van der Waals surface area (Å²) in [4.78, 5) is 25.4. The van der Waals surface area contributed by atoms with Gasteiger partial charge in [0.05, 0.1) is 12.1 Å². The fourth-order valence-electron chi connectivity index (χ4n) is 1.97. The molecule has 1 heterocycles. The van der Waals surface area contributed by atoms with Crippen molar-refractivity contribution in [3.8, 4) is 0 Å². The SMILES string of the molecule is CCN(C(=O)c1snnc1C(C)(C)C)C(C)CC(=O)O. The number of carbonyl (C=O) groups excluding carboxylic acids is 1. The molecular weight excluding hydrogens is 278 g/mol. The van der Waals surface area contributed by atoms with Crippen molar-refractivity contribution in [2.24, 2.45) is 0 Å². The number of rotatable bonds is 5. The second kappa shape index (κ2) is 6.30. The first kappa shape index (κ1) is 16.6. The molecule has 0 aliphatic heterocycles. The Labute approximate surface area is 123 Å². The fraction of sp³-hybridized carbons (Fsp3) is 0.692. The Hall–Kier alpha value is -1.50. The standard InChI is InChI=1S/C13H21N3O3S/c1-6-16(8(2)7-9(17)18)12(19)10-11(13(3,4)5)14-15-20-10/h8H,6-7H2,1-5H3,(H,17,18). The van der Waals surface area contributed by atoms with E-state index in [1.54, 1.807) is 11.8 Å². The van der Waals surface area contributed by atoms with E-state index in [4.69, 9.17) is 5.11 Å². The molecule has 1 atom stereocenters. The molecule has 6 nitrogen and oxygen atoms in total. The van der Waals surface area contributed by atoms with E-state index < -0.39 is 5.97 Å². The van der Waals surface area contributed by atoms with Gasteiger partial charge in [-0.2, -0.15) is 0 Å². The molecular formula is C13H21N3O3S. The van der Waals surface area contributed by atoms with Gasteiger partial charge in [-0.25, -0.2) is 0 Å². The van der Waals surface area contributed by atoms with Crippen LogP contribution in [0.4, 0.5) is 0 Å². The van der Waals surface area contributed by atoms with Gasteiger partial charge >= 0.3 is 5.97 Å². The first-order valence-electron chi connectivity index (χ1n) is 6.54. The van der Waals surface area contributed by atoms with Crippen molar-refractivity contribution in [3.63, 3.8) is 0 Å². The Kier molecular flexibility index (Phi) is 5.21. The maximum absolute atomic E-state index is 12.6. The number of hydrogen-bond donors (Lipinski definition) is 1. The molecule has 0 aliphatic rings. The van der Waals surface area contributed by atoms with Gasteiger partial charge in [0, 0.05) is 18.0 Å². The molecule has 0 radical (unpaired) electrons. The van der Waals surface area contributed by atoms with E-state index in [1.165, 1.54) is 0 Å². The zero-order valence-electron chi connectivity index (χ0n) is 12.5. The van der Waals surface area contributed by atoms with E-state index >= 15 is 0 Å². The van der Waals surface area contributed by atoms with Crippen LogP contribution < -0.4 is 0 Å². The van der Waals surface area contributed by atoms with E-state index in [1.807, 2.05) is 27.7 Å². The summed E-state index contributed by atoms with van der Waals surface area (Å²) < 4.78 is 3.87. The monoisotopic (exact) mass is 299 g/mol. The van der Waals surface area contributed by atoms with Crippen molar-refractivity contribution in [1.82, 2.24) is 14.5 Å². The average molecular weight is 299 g/mol. The molecule has 0 aliphatic carbocycles. The van der Waals surface area contributed by atoms with Crippen LogP contribution in [0.3, 0.4) is 0 Å². The average Bonchev–Trinajstić information content (AvgIpc) is 2.76. The van der Waals surface area contributed by atoms with Crippen LogP contribution in [0.1, 0.15) is 56.4 Å². The number of hydrogen-bond acceptors (Lipinski definition) is 5. The minimum atomic E-state index is -0.915. The van der Waals surface area contributed by atoms with Crippen molar-refractivity contribution >= 4 is 23.4 Å². The summed E-state index contributed by atoms with van der Waals surface area (Å²) in [5.41, 5.74) is 0.390. The lowest BCUT2D eigenvalue weighted by Gasteiger charge is -2.27. The van der Waals surface area contributed by atoms with Gasteiger partial charge in [-0.3, -0.25) is 9.59 Å². The Morgan fingerprint density at radius 3 is 2.45 bits per heavy atom. The smallest absolute Gasteiger partial charge is 0.305 e. The van der Waals surface area contributed by atoms with E-state index in [0.717, 1.165) is 11.5 Å². The van der Waals surface area contributed by atoms with Gasteiger partial charge in [0.25, 0.3) is 5.91 Å². The predicted octanol–water partition coefficient (Wildman–Crippen LogP) is 2.16. The Morgan fingerprint density at radius 2 is 2.00 bits per heavy atom. The predicted molar refractivity (Wildman–Crippen MR) is 77.0 cm³/mol. The molecule has 112 valence electrons. The lowest BCUT2D eigenvalue weighted by atomic mass is 9.91. The first-order chi connectivity index (χ1) is 9.18. The van der Waals surface area contributed by atoms with Gasteiger partial charge < -0.3 is 10.0 Å². The van der Waals surface area contributed by atoms with Gasteiger partial charge in [-0.05, 0) is 25.4 Å². The lowest BCUT2D eigenvalue weighted by Crippen LogP contribution is -2.40. The molecule has 20 heavy (non-hydrogen) atoms. The number of aromatic nitrogens is 2. The first-order valence-corrected chi connectivity index (χ1v) is 7.31. The third-order valence-corrected chi connectivity index (χ3v) is 3.71. The maximum atomic E-state index is 12.6. The van der Waals surface area contributed by atoms with Gasteiger partial charge in [0.15, 0.2) is 0 Å². The molecule has 1 amide bonds. The highest BCUT2D eigenvalue weighted by Crippen LogP contribution is 2.27. The zero-order chi connectivity index (χ0) is 15.5. The summed E-state index contributed by atoms with van der Waals surface area (Å²) in [6, 6.07) is -0.361. The van der Waals surface area contributed by atoms with Crippen LogP contribution in [0.25, 0.3) is 0 Å². The second-order valence-electron chi connectivity index (χ2n) is 5.74. The van der Waals surface area contributed by atoms with Gasteiger partial charge in [-0.1, -0.05) is 25.3 Å². The van der Waals surface area contributed by atoms with E-state index in [9.17, 15) is 9.59 Å². The van der Waals surface area contributed by atoms with Crippen LogP contribution in [0, 0.1) is 0 Å². The molecule has 0 fully saturated rings. The third-order valence-electron chi connectivity index (χ3n) is 3.00. The van der Waals surface area contributed by atoms with Crippen LogP contribution in [0.2, 0.25) is 0 Å². The van der Waals surface area contributed by atoms with Crippen molar-refractivity contribution in [2.75, 3.05) is 6.54 Å². The molecule has 1 N–H and O–H groups in total. The number of carbonyl (C=O) groups is 2. The molecule has 1 unspecified atom stereocenters. The fourth-order valence-corrected chi connectivity index (χ4v) is 2.80. The third kappa shape index (κ3) is 3.75. The van der Waals surface area contributed by atoms with Crippen LogP contribution in [-0.4, -0.2) is 44.1 Å². The van der Waals surface area contributed by atoms with Crippen molar-refractivity contribution < 1.29 is 14.7 Å². The summed E-state index contributed by atoms with van der Waals surface area (Å²) in [7, 11) is 0. The normalized spacial score (nSPS) is 13.1. The van der Waals surface area contributed by atoms with Crippen molar-refractivity contribution in [2.45, 2.75) is 52.5 Å². The van der Waals surface area contributed by atoms with Gasteiger partial charge in [0.2, 0.25) is 0 Å². The van der Waals surface area contributed by atoms with Crippen molar-refractivity contribution in [3.05, 3.63) is 10.6 Å². The van der Waals surface area contributed by atoms with E-state index in [2.05, 4.69) is 9.59 Å². The molecule has 0 aromatic carbocycles. The van der Waals surface area contributed by atoms with E-state index in [-0.39, 0.29) is 23.8 Å². The molecule has 1 aromatic heterocycles. The lowest BCUT2D eigenvalue weighted by molar-refractivity contribution is -0.138. The number of amides is 1. The molecule has 0 bridgehead atoms. The molecule has 7 heteroatoms. The quantitative estimate of drug-likeness (QED) is 0.900. The molecule has 0 saturated heterocycles. The maximum Gasteiger partial charge on any atom is 0.305 e. The Bertz CT molecular complexity index is 493. The zero-order valence-corrected chi connectivity index (χ0v) is 13.3. The minimum absolute atomic E-state index is 0.0728. The number of carboxylic acid groups (broad SMARTS) is 1. The second-order valence-corrected chi connectivity index (χ2v) is 6.49. The van der Waals surface area contributed by atoms with E-state index in [0.29, 0.717) is 17.1 Å². The molecule has 0 saturated carbocycles. The van der Waals surface area contributed by atoms with Gasteiger partial charge in [-0.15, -0.1) is 5.10 Å². The van der Waals surface area contributed by atoms with Crippen LogP contribution in [0.5, 0.6) is 0 Å². The minimum Gasteiger partial charge on any atom is -0.481 e. The summed E-state index contributed by atoms with van der Waals surface area (Å²) >= 11 is 1.06. The molecule has 0 spiro atoms. The largest absolute Gasteiger partial charge is 0.481 e. The number of aliphatic carboxylic acids is 1. The summed E-state index contributed by atoms with van der Waals surface area (Å²) in [5, 5.41) is 12.9. The number of nitrogens with zero attached hydrogens (tertiary/aromatic N) is 3. The van der Waals surface area contributed by atoms with Gasteiger partial charge in [0.1, 0.15) is 4.88 Å². The highest BCUT2D eigenvalue weighted by atomic mass is 32.1. The Balaban J connectivity index is 3.04. The van der Waals surface area contributed by atoms with Crippen LogP contribution in [-0.2, 0) is 10.2 Å². The summed E-state index contributed by atoms with van der Waals surface area (Å²) in [5.74, 6) is -1.11. The topological polar surface area (TPSA) is 83.4 Å². The van der Waals surface area contributed by atoms with Crippen LogP contribution >= 0.6 is 11.5 Å². The number of carboxylic acids is 1.